The van der Waals surface area contributed by atoms with E-state index in [-0.39, 0.29) is 6.04 Å². The SMILES string of the molecule is CC(C)c1ccc(C(N)CN(C)CCN2CCCC2)cc1. The first kappa shape index (κ1) is 16.5. The molecule has 0 spiro atoms. The van der Waals surface area contributed by atoms with Gasteiger partial charge in [0.05, 0.1) is 0 Å². The Balaban J connectivity index is 1.77. The van der Waals surface area contributed by atoms with Crippen LogP contribution in [0.3, 0.4) is 0 Å². The second-order valence-electron chi connectivity index (χ2n) is 6.74. The van der Waals surface area contributed by atoms with E-state index >= 15 is 0 Å². The minimum absolute atomic E-state index is 0.106. The van der Waals surface area contributed by atoms with Crippen LogP contribution in [-0.2, 0) is 0 Å². The Kier molecular flexibility index (Phi) is 6.22. The fourth-order valence-electron chi connectivity index (χ4n) is 2.98. The maximum atomic E-state index is 6.35. The van der Waals surface area contributed by atoms with Gasteiger partial charge in [0.2, 0.25) is 0 Å². The highest BCUT2D eigenvalue weighted by Crippen LogP contribution is 2.18. The molecule has 0 bridgehead atoms. The van der Waals surface area contributed by atoms with E-state index in [1.165, 1.54) is 43.6 Å². The maximum absolute atomic E-state index is 6.35. The van der Waals surface area contributed by atoms with Gasteiger partial charge in [-0.3, -0.25) is 0 Å². The number of rotatable bonds is 7. The number of nitrogens with two attached hydrogens (primary N) is 1. The van der Waals surface area contributed by atoms with E-state index in [4.69, 9.17) is 5.73 Å². The van der Waals surface area contributed by atoms with Gasteiger partial charge in [-0.2, -0.15) is 0 Å². The molecule has 1 atom stereocenters. The van der Waals surface area contributed by atoms with Crippen LogP contribution in [0.5, 0.6) is 0 Å². The van der Waals surface area contributed by atoms with Crippen LogP contribution in [0.1, 0.15) is 49.8 Å². The minimum atomic E-state index is 0.106. The van der Waals surface area contributed by atoms with Gasteiger partial charge in [-0.15, -0.1) is 0 Å². The monoisotopic (exact) mass is 289 g/mol. The number of benzene rings is 1. The molecule has 21 heavy (non-hydrogen) atoms. The summed E-state index contributed by atoms with van der Waals surface area (Å²) in [6.07, 6.45) is 2.73. The molecule has 1 aliphatic rings. The van der Waals surface area contributed by atoms with Crippen LogP contribution in [0.25, 0.3) is 0 Å². The van der Waals surface area contributed by atoms with E-state index in [0.29, 0.717) is 5.92 Å². The number of nitrogens with zero attached hydrogens (tertiary/aromatic N) is 2. The van der Waals surface area contributed by atoms with E-state index in [2.05, 4.69) is 55.0 Å². The van der Waals surface area contributed by atoms with Crippen LogP contribution in [0, 0.1) is 0 Å². The van der Waals surface area contributed by atoms with Crippen molar-refractivity contribution in [2.75, 3.05) is 39.8 Å². The molecule has 1 saturated heterocycles. The van der Waals surface area contributed by atoms with Crippen molar-refractivity contribution in [3.63, 3.8) is 0 Å². The molecule has 1 unspecified atom stereocenters. The van der Waals surface area contributed by atoms with Gasteiger partial charge in [0, 0.05) is 25.7 Å². The number of likely N-dealkylation sites (N-methyl/N-ethyl adjacent to an activating group) is 1. The van der Waals surface area contributed by atoms with Crippen molar-refractivity contribution < 1.29 is 0 Å². The average Bonchev–Trinajstić information content (AvgIpc) is 2.98. The Morgan fingerprint density at radius 3 is 2.24 bits per heavy atom. The highest BCUT2D eigenvalue weighted by molar-refractivity contribution is 5.26. The molecule has 0 saturated carbocycles. The fraction of sp³-hybridized carbons (Fsp3) is 0.667. The van der Waals surface area contributed by atoms with Gasteiger partial charge in [-0.25, -0.2) is 0 Å². The zero-order chi connectivity index (χ0) is 15.2. The quantitative estimate of drug-likeness (QED) is 0.838. The van der Waals surface area contributed by atoms with E-state index in [9.17, 15) is 0 Å². The lowest BCUT2D eigenvalue weighted by Crippen LogP contribution is -2.35. The third-order valence-corrected chi connectivity index (χ3v) is 4.54. The van der Waals surface area contributed by atoms with Crippen LogP contribution in [-0.4, -0.2) is 49.6 Å². The van der Waals surface area contributed by atoms with Gasteiger partial charge in [0.25, 0.3) is 0 Å². The second-order valence-corrected chi connectivity index (χ2v) is 6.74. The average molecular weight is 289 g/mol. The highest BCUT2D eigenvalue weighted by Gasteiger charge is 2.14. The van der Waals surface area contributed by atoms with Crippen molar-refractivity contribution in [3.05, 3.63) is 35.4 Å². The van der Waals surface area contributed by atoms with Gasteiger partial charge in [-0.05, 0) is 50.0 Å². The Labute approximate surface area is 130 Å². The molecule has 1 aromatic rings. The predicted molar refractivity (Wildman–Crippen MR) is 90.6 cm³/mol. The lowest BCUT2D eigenvalue weighted by Gasteiger charge is -2.24. The largest absolute Gasteiger partial charge is 0.323 e. The summed E-state index contributed by atoms with van der Waals surface area (Å²) in [7, 11) is 2.18. The standard InChI is InChI=1S/C18H31N3/c1-15(2)16-6-8-17(9-7-16)18(19)14-20(3)12-13-21-10-4-5-11-21/h6-9,15,18H,4-5,10-14,19H2,1-3H3. The van der Waals surface area contributed by atoms with Gasteiger partial charge >= 0.3 is 0 Å². The Morgan fingerprint density at radius 2 is 1.67 bits per heavy atom. The summed E-state index contributed by atoms with van der Waals surface area (Å²) in [5, 5.41) is 0. The summed E-state index contributed by atoms with van der Waals surface area (Å²) < 4.78 is 0. The number of likely N-dealkylation sites (tertiary alicyclic amines) is 1. The first-order chi connectivity index (χ1) is 10.1. The molecule has 3 nitrogen and oxygen atoms in total. The molecular formula is C18H31N3. The maximum Gasteiger partial charge on any atom is 0.0424 e. The summed E-state index contributed by atoms with van der Waals surface area (Å²) in [5.74, 6) is 0.582. The van der Waals surface area contributed by atoms with Gasteiger partial charge in [0.15, 0.2) is 0 Å². The third kappa shape index (κ3) is 5.10. The summed E-state index contributed by atoms with van der Waals surface area (Å²) in [4.78, 5) is 4.92. The van der Waals surface area contributed by atoms with Gasteiger partial charge in [-0.1, -0.05) is 38.1 Å². The Hall–Kier alpha value is -0.900. The van der Waals surface area contributed by atoms with E-state index in [1.807, 2.05) is 0 Å². The van der Waals surface area contributed by atoms with Crippen molar-refractivity contribution in [2.45, 2.75) is 38.6 Å². The van der Waals surface area contributed by atoms with Crippen molar-refractivity contribution >= 4 is 0 Å². The van der Waals surface area contributed by atoms with Crippen molar-refractivity contribution in [1.29, 1.82) is 0 Å². The van der Waals surface area contributed by atoms with E-state index < -0.39 is 0 Å². The Morgan fingerprint density at radius 1 is 1.10 bits per heavy atom. The first-order valence-corrected chi connectivity index (χ1v) is 8.32. The summed E-state index contributed by atoms with van der Waals surface area (Å²) >= 11 is 0. The minimum Gasteiger partial charge on any atom is -0.323 e. The van der Waals surface area contributed by atoms with Crippen LogP contribution >= 0.6 is 0 Å². The molecular weight excluding hydrogens is 258 g/mol. The second kappa shape index (κ2) is 7.92. The van der Waals surface area contributed by atoms with Crippen molar-refractivity contribution in [2.24, 2.45) is 5.73 Å². The lowest BCUT2D eigenvalue weighted by atomic mass is 9.99. The molecule has 0 amide bonds. The molecule has 0 aromatic heterocycles. The lowest BCUT2D eigenvalue weighted by molar-refractivity contribution is 0.248. The molecule has 0 aliphatic carbocycles. The van der Waals surface area contributed by atoms with E-state index in [1.54, 1.807) is 0 Å². The number of hydrogen-bond acceptors (Lipinski definition) is 3. The Bertz CT molecular complexity index is 407. The van der Waals surface area contributed by atoms with Crippen molar-refractivity contribution in [3.8, 4) is 0 Å². The zero-order valence-electron chi connectivity index (χ0n) is 13.9. The summed E-state index contributed by atoms with van der Waals surface area (Å²) in [6, 6.07) is 8.91. The van der Waals surface area contributed by atoms with Crippen LogP contribution in [0.2, 0.25) is 0 Å². The molecule has 1 aromatic carbocycles. The number of hydrogen-bond donors (Lipinski definition) is 1. The zero-order valence-corrected chi connectivity index (χ0v) is 13.9. The van der Waals surface area contributed by atoms with Crippen molar-refractivity contribution in [1.82, 2.24) is 9.80 Å². The summed E-state index contributed by atoms with van der Waals surface area (Å²) in [5.41, 5.74) is 8.98. The van der Waals surface area contributed by atoms with Crippen LogP contribution in [0.4, 0.5) is 0 Å². The predicted octanol–water partition coefficient (Wildman–Crippen LogP) is 2.84. The molecule has 3 heteroatoms. The topological polar surface area (TPSA) is 32.5 Å². The molecule has 118 valence electrons. The van der Waals surface area contributed by atoms with Gasteiger partial charge in [0.1, 0.15) is 0 Å². The third-order valence-electron chi connectivity index (χ3n) is 4.54. The van der Waals surface area contributed by atoms with Gasteiger partial charge < -0.3 is 15.5 Å². The highest BCUT2D eigenvalue weighted by atomic mass is 15.2. The van der Waals surface area contributed by atoms with Crippen LogP contribution in [0.15, 0.2) is 24.3 Å². The molecule has 2 rings (SSSR count). The molecule has 0 radical (unpaired) electrons. The molecule has 1 heterocycles. The van der Waals surface area contributed by atoms with Crippen LogP contribution < -0.4 is 5.73 Å². The fourth-order valence-corrected chi connectivity index (χ4v) is 2.98. The normalized spacial score (nSPS) is 17.8. The smallest absolute Gasteiger partial charge is 0.0424 e. The summed E-state index contributed by atoms with van der Waals surface area (Å²) in [6.45, 7) is 10.2. The molecule has 2 N–H and O–H groups in total. The first-order valence-electron chi connectivity index (χ1n) is 8.32. The molecule has 1 fully saturated rings. The molecule has 1 aliphatic heterocycles. The van der Waals surface area contributed by atoms with E-state index in [0.717, 1.165) is 13.1 Å².